The molecule has 0 aromatic heterocycles. The second-order valence-corrected chi connectivity index (χ2v) is 4.04. The Hall–Kier alpha value is -0.860. The van der Waals surface area contributed by atoms with E-state index < -0.39 is 0 Å². The van der Waals surface area contributed by atoms with Crippen molar-refractivity contribution in [3.05, 3.63) is 35.4 Å². The molecule has 0 saturated carbocycles. The van der Waals surface area contributed by atoms with E-state index in [-0.39, 0.29) is 6.10 Å². The fourth-order valence-corrected chi connectivity index (χ4v) is 2.01. The van der Waals surface area contributed by atoms with E-state index in [1.165, 1.54) is 12.0 Å². The quantitative estimate of drug-likeness (QED) is 0.747. The van der Waals surface area contributed by atoms with Gasteiger partial charge in [0.1, 0.15) is 0 Å². The summed E-state index contributed by atoms with van der Waals surface area (Å²) >= 11 is 0. The monoisotopic (exact) mass is 191 g/mol. The van der Waals surface area contributed by atoms with Gasteiger partial charge < -0.3 is 10.4 Å². The van der Waals surface area contributed by atoms with E-state index in [0.717, 1.165) is 18.7 Å². The van der Waals surface area contributed by atoms with Crippen LogP contribution in [0.2, 0.25) is 0 Å². The Morgan fingerprint density at radius 2 is 2.36 bits per heavy atom. The number of aliphatic hydroxyl groups excluding tert-OH is 1. The molecule has 1 aromatic rings. The maximum atomic E-state index is 9.48. The molecule has 2 nitrogen and oxygen atoms in total. The van der Waals surface area contributed by atoms with Gasteiger partial charge in [-0.15, -0.1) is 0 Å². The highest BCUT2D eigenvalue weighted by Crippen LogP contribution is 2.24. The molecule has 2 unspecified atom stereocenters. The number of hydrogen-bond acceptors (Lipinski definition) is 2. The molecule has 1 saturated heterocycles. The van der Waals surface area contributed by atoms with E-state index in [0.29, 0.717) is 5.92 Å². The highest BCUT2D eigenvalue weighted by atomic mass is 16.3. The smallest absolute Gasteiger partial charge is 0.0762 e. The van der Waals surface area contributed by atoms with Gasteiger partial charge >= 0.3 is 0 Å². The second-order valence-electron chi connectivity index (χ2n) is 4.04. The van der Waals surface area contributed by atoms with Crippen molar-refractivity contribution >= 4 is 0 Å². The topological polar surface area (TPSA) is 32.3 Å². The van der Waals surface area contributed by atoms with Gasteiger partial charge in [-0.2, -0.15) is 0 Å². The summed E-state index contributed by atoms with van der Waals surface area (Å²) in [6, 6.07) is 8.30. The van der Waals surface area contributed by atoms with Gasteiger partial charge in [-0.05, 0) is 36.9 Å². The van der Waals surface area contributed by atoms with Gasteiger partial charge in [0, 0.05) is 6.54 Å². The van der Waals surface area contributed by atoms with Crippen molar-refractivity contribution in [2.75, 3.05) is 13.1 Å². The molecule has 0 aliphatic carbocycles. The molecule has 0 amide bonds. The minimum Gasteiger partial charge on any atom is -0.389 e. The summed E-state index contributed by atoms with van der Waals surface area (Å²) in [6.07, 6.45) is 0.854. The zero-order valence-corrected chi connectivity index (χ0v) is 8.53. The average Bonchev–Trinajstić information content (AvgIpc) is 2.71. The van der Waals surface area contributed by atoms with Crippen molar-refractivity contribution in [1.82, 2.24) is 5.32 Å². The van der Waals surface area contributed by atoms with Crippen molar-refractivity contribution in [2.24, 2.45) is 0 Å². The zero-order valence-electron chi connectivity index (χ0n) is 8.53. The zero-order chi connectivity index (χ0) is 9.97. The summed E-state index contributed by atoms with van der Waals surface area (Å²) in [5, 5.41) is 12.8. The number of nitrogens with one attached hydrogen (secondary N) is 1. The molecule has 0 spiro atoms. The van der Waals surface area contributed by atoms with Crippen LogP contribution < -0.4 is 5.32 Å². The minimum absolute atomic E-state index is 0.357. The van der Waals surface area contributed by atoms with E-state index in [2.05, 4.69) is 17.4 Å². The van der Waals surface area contributed by atoms with Crippen molar-refractivity contribution in [1.29, 1.82) is 0 Å². The largest absolute Gasteiger partial charge is 0.389 e. The lowest BCUT2D eigenvalue weighted by molar-refractivity contribution is 0.199. The van der Waals surface area contributed by atoms with Gasteiger partial charge in [0.2, 0.25) is 0 Å². The van der Waals surface area contributed by atoms with Crippen LogP contribution in [-0.4, -0.2) is 18.2 Å². The Balaban J connectivity index is 2.21. The van der Waals surface area contributed by atoms with E-state index in [4.69, 9.17) is 0 Å². The third-order valence-corrected chi connectivity index (χ3v) is 2.92. The second kappa shape index (κ2) is 4.11. The maximum Gasteiger partial charge on any atom is 0.0762 e. The van der Waals surface area contributed by atoms with Crippen molar-refractivity contribution in [2.45, 2.75) is 25.4 Å². The molecular weight excluding hydrogens is 174 g/mol. The molecule has 2 atom stereocenters. The summed E-state index contributed by atoms with van der Waals surface area (Å²) < 4.78 is 0. The molecule has 1 aliphatic rings. The van der Waals surface area contributed by atoms with Gasteiger partial charge in [-0.3, -0.25) is 0 Å². The SMILES string of the molecule is CC(O)c1cccc(C2CCNC2)c1. The van der Waals surface area contributed by atoms with Gasteiger partial charge in [0.15, 0.2) is 0 Å². The van der Waals surface area contributed by atoms with Crippen LogP contribution >= 0.6 is 0 Å². The first-order valence-electron chi connectivity index (χ1n) is 5.26. The van der Waals surface area contributed by atoms with E-state index in [9.17, 15) is 5.11 Å². The van der Waals surface area contributed by atoms with Crippen LogP contribution in [0.5, 0.6) is 0 Å². The first kappa shape index (κ1) is 9.69. The summed E-state index contributed by atoms with van der Waals surface area (Å²) in [5.41, 5.74) is 2.38. The predicted octanol–water partition coefficient (Wildman–Crippen LogP) is 1.82. The van der Waals surface area contributed by atoms with Crippen LogP contribution in [0.3, 0.4) is 0 Å². The highest BCUT2D eigenvalue weighted by Gasteiger charge is 2.16. The summed E-state index contributed by atoms with van der Waals surface area (Å²) in [4.78, 5) is 0. The normalized spacial score (nSPS) is 23.7. The predicted molar refractivity (Wildman–Crippen MR) is 57.3 cm³/mol. The van der Waals surface area contributed by atoms with E-state index in [1.807, 2.05) is 19.1 Å². The Kier molecular flexibility index (Phi) is 2.85. The van der Waals surface area contributed by atoms with Crippen LogP contribution in [-0.2, 0) is 0 Å². The van der Waals surface area contributed by atoms with Crippen molar-refractivity contribution in [3.8, 4) is 0 Å². The fourth-order valence-electron chi connectivity index (χ4n) is 2.01. The first-order valence-corrected chi connectivity index (χ1v) is 5.26. The molecule has 1 fully saturated rings. The van der Waals surface area contributed by atoms with E-state index >= 15 is 0 Å². The Bertz CT molecular complexity index is 303. The number of hydrogen-bond donors (Lipinski definition) is 2. The molecule has 1 heterocycles. The summed E-state index contributed by atoms with van der Waals surface area (Å²) in [6.45, 7) is 4.00. The van der Waals surface area contributed by atoms with Crippen molar-refractivity contribution < 1.29 is 5.11 Å². The van der Waals surface area contributed by atoms with Gasteiger partial charge in [-0.25, -0.2) is 0 Å². The molecule has 76 valence electrons. The minimum atomic E-state index is -0.357. The lowest BCUT2D eigenvalue weighted by atomic mass is 9.95. The molecule has 0 radical (unpaired) electrons. The van der Waals surface area contributed by atoms with Crippen LogP contribution in [0.25, 0.3) is 0 Å². The summed E-state index contributed by atoms with van der Waals surface area (Å²) in [7, 11) is 0. The molecular formula is C12H17NO. The van der Waals surface area contributed by atoms with Crippen LogP contribution in [0.15, 0.2) is 24.3 Å². The fraction of sp³-hybridized carbons (Fsp3) is 0.500. The third kappa shape index (κ3) is 1.97. The summed E-state index contributed by atoms with van der Waals surface area (Å²) in [5.74, 6) is 0.633. The van der Waals surface area contributed by atoms with Crippen LogP contribution in [0, 0.1) is 0 Å². The lowest BCUT2D eigenvalue weighted by Crippen LogP contribution is -2.08. The molecule has 14 heavy (non-hydrogen) atoms. The average molecular weight is 191 g/mol. The maximum absolute atomic E-state index is 9.48. The molecule has 1 aromatic carbocycles. The van der Waals surface area contributed by atoms with Crippen LogP contribution in [0.4, 0.5) is 0 Å². The Morgan fingerprint density at radius 1 is 1.50 bits per heavy atom. The number of rotatable bonds is 2. The van der Waals surface area contributed by atoms with E-state index in [1.54, 1.807) is 0 Å². The molecule has 1 aliphatic heterocycles. The van der Waals surface area contributed by atoms with Crippen LogP contribution in [0.1, 0.15) is 36.5 Å². The Morgan fingerprint density at radius 3 is 3.00 bits per heavy atom. The van der Waals surface area contributed by atoms with Gasteiger partial charge in [-0.1, -0.05) is 24.3 Å². The number of benzene rings is 1. The molecule has 0 bridgehead atoms. The molecule has 2 N–H and O–H groups in total. The third-order valence-electron chi connectivity index (χ3n) is 2.92. The molecule has 2 rings (SSSR count). The highest BCUT2D eigenvalue weighted by molar-refractivity contribution is 5.28. The standard InChI is InChI=1S/C12H17NO/c1-9(14)10-3-2-4-11(7-10)12-5-6-13-8-12/h2-4,7,9,12-14H,5-6,8H2,1H3. The van der Waals surface area contributed by atoms with Crippen molar-refractivity contribution in [3.63, 3.8) is 0 Å². The Labute approximate surface area is 85.0 Å². The van der Waals surface area contributed by atoms with Gasteiger partial charge in [0.05, 0.1) is 6.10 Å². The first-order chi connectivity index (χ1) is 6.77. The number of aliphatic hydroxyl groups is 1. The van der Waals surface area contributed by atoms with Gasteiger partial charge in [0.25, 0.3) is 0 Å². The lowest BCUT2D eigenvalue weighted by Gasteiger charge is -2.11. The molecule has 2 heteroatoms.